The van der Waals surface area contributed by atoms with Crippen LogP contribution in [0, 0.1) is 3.70 Å². The van der Waals surface area contributed by atoms with E-state index in [4.69, 9.17) is 23.2 Å². The number of fused-ring (bicyclic) bond motifs is 1. The summed E-state index contributed by atoms with van der Waals surface area (Å²) < 4.78 is 2.60. The van der Waals surface area contributed by atoms with E-state index in [0.717, 1.165) is 9.22 Å². The Bertz CT molecular complexity index is 440. The molecule has 0 amide bonds. The van der Waals surface area contributed by atoms with E-state index in [-0.39, 0.29) is 5.28 Å². The summed E-state index contributed by atoms with van der Waals surface area (Å²) >= 11 is 13.6. The fourth-order valence-corrected chi connectivity index (χ4v) is 1.88. The molecule has 0 aliphatic carbocycles. The van der Waals surface area contributed by atoms with Gasteiger partial charge in [0.2, 0.25) is 5.28 Å². The van der Waals surface area contributed by atoms with Crippen LogP contribution in [0.5, 0.6) is 0 Å². The Morgan fingerprint density at radius 3 is 2.83 bits per heavy atom. The molecule has 0 aliphatic rings. The zero-order valence-corrected chi connectivity index (χ0v) is 9.30. The first-order chi connectivity index (χ1) is 5.68. The Labute approximate surface area is 91.8 Å². The molecule has 0 aromatic carbocycles. The van der Waals surface area contributed by atoms with Gasteiger partial charge in [0.1, 0.15) is 9.22 Å². The van der Waals surface area contributed by atoms with E-state index < -0.39 is 0 Å². The predicted molar refractivity (Wildman–Crippen MR) is 55.7 cm³/mol. The highest BCUT2D eigenvalue weighted by molar-refractivity contribution is 14.1. The zero-order valence-electron chi connectivity index (χ0n) is 5.63. The quantitative estimate of drug-likeness (QED) is 0.700. The first kappa shape index (κ1) is 8.52. The van der Waals surface area contributed by atoms with Crippen LogP contribution >= 0.6 is 45.8 Å². The molecule has 0 N–H and O–H groups in total. The lowest BCUT2D eigenvalue weighted by atomic mass is 10.5. The second-order valence-electron chi connectivity index (χ2n) is 2.12. The van der Waals surface area contributed by atoms with Crippen molar-refractivity contribution in [2.75, 3.05) is 0 Å². The summed E-state index contributed by atoms with van der Waals surface area (Å²) in [5.74, 6) is 0. The van der Waals surface area contributed by atoms with Crippen molar-refractivity contribution in [2.24, 2.45) is 0 Å². The van der Waals surface area contributed by atoms with E-state index in [0.29, 0.717) is 5.15 Å². The molecule has 2 aromatic heterocycles. The molecule has 0 unspecified atom stereocenters. The summed E-state index contributed by atoms with van der Waals surface area (Å²) in [5.41, 5.74) is 0.769. The van der Waals surface area contributed by atoms with Crippen molar-refractivity contribution in [1.29, 1.82) is 0 Å². The van der Waals surface area contributed by atoms with Crippen LogP contribution in [0.3, 0.4) is 0 Å². The minimum absolute atomic E-state index is 0.154. The Kier molecular flexibility index (Phi) is 2.14. The maximum atomic E-state index is 5.82. The first-order valence-electron chi connectivity index (χ1n) is 3.05. The molecular formula is C6H2Cl2IN3. The Balaban J connectivity index is 2.92. The minimum Gasteiger partial charge on any atom is -0.221 e. The van der Waals surface area contributed by atoms with Crippen LogP contribution in [0.25, 0.3) is 5.52 Å². The average molecular weight is 314 g/mol. The van der Waals surface area contributed by atoms with Crippen molar-refractivity contribution < 1.29 is 0 Å². The number of hydrogen-bond acceptors (Lipinski definition) is 2. The molecule has 6 heteroatoms. The van der Waals surface area contributed by atoms with Gasteiger partial charge in [0.25, 0.3) is 0 Å². The van der Waals surface area contributed by atoms with E-state index in [1.165, 1.54) is 0 Å². The summed E-state index contributed by atoms with van der Waals surface area (Å²) in [5, 5.41) is 4.50. The Hall–Kier alpha value is -0.0700. The van der Waals surface area contributed by atoms with Gasteiger partial charge in [-0.2, -0.15) is 0 Å². The fraction of sp³-hybridized carbons (Fsp3) is 0. The lowest BCUT2D eigenvalue weighted by molar-refractivity contribution is 0.884. The van der Waals surface area contributed by atoms with Gasteiger partial charge in [-0.1, -0.05) is 11.6 Å². The van der Waals surface area contributed by atoms with Gasteiger partial charge < -0.3 is 0 Å². The van der Waals surface area contributed by atoms with Crippen molar-refractivity contribution in [3.63, 3.8) is 0 Å². The highest BCUT2D eigenvalue weighted by Crippen LogP contribution is 2.19. The van der Waals surface area contributed by atoms with Crippen LogP contribution < -0.4 is 0 Å². The third-order valence-electron chi connectivity index (χ3n) is 1.39. The second kappa shape index (κ2) is 3.01. The molecule has 0 fully saturated rings. The largest absolute Gasteiger partial charge is 0.242 e. The van der Waals surface area contributed by atoms with Gasteiger partial charge in [-0.05, 0) is 46.3 Å². The van der Waals surface area contributed by atoms with Crippen LogP contribution in [-0.2, 0) is 0 Å². The summed E-state index contributed by atoms with van der Waals surface area (Å²) in [6, 6.07) is 3.74. The van der Waals surface area contributed by atoms with Crippen LogP contribution in [-0.4, -0.2) is 14.6 Å². The zero-order chi connectivity index (χ0) is 8.72. The summed E-state index contributed by atoms with van der Waals surface area (Å²) in [7, 11) is 0. The molecule has 62 valence electrons. The summed E-state index contributed by atoms with van der Waals surface area (Å²) in [4.78, 5) is 3.81. The standard InChI is InChI=1S/C6H2Cl2IN3/c7-5-3-1-2-4(9)12(3)11-6(8)10-5/h1-2H. The number of rotatable bonds is 0. The minimum atomic E-state index is 0.154. The fourth-order valence-electron chi connectivity index (χ4n) is 0.905. The van der Waals surface area contributed by atoms with E-state index >= 15 is 0 Å². The topological polar surface area (TPSA) is 30.2 Å². The maximum absolute atomic E-state index is 5.82. The SMILES string of the molecule is Clc1nc(Cl)c2ccc(I)n2n1. The molecule has 0 aliphatic heterocycles. The number of aromatic nitrogens is 3. The first-order valence-corrected chi connectivity index (χ1v) is 4.88. The maximum Gasteiger partial charge on any atom is 0.242 e. The lowest BCUT2D eigenvalue weighted by Gasteiger charge is -1.97. The third kappa shape index (κ3) is 1.27. The summed E-state index contributed by atoms with van der Waals surface area (Å²) in [6.45, 7) is 0. The van der Waals surface area contributed by atoms with Gasteiger partial charge in [0.15, 0.2) is 5.15 Å². The monoisotopic (exact) mass is 313 g/mol. The molecule has 12 heavy (non-hydrogen) atoms. The van der Waals surface area contributed by atoms with Crippen molar-refractivity contribution in [3.8, 4) is 0 Å². The third-order valence-corrected chi connectivity index (χ3v) is 2.65. The highest BCUT2D eigenvalue weighted by atomic mass is 127. The molecule has 0 spiro atoms. The van der Waals surface area contributed by atoms with E-state index in [1.807, 2.05) is 12.1 Å². The Morgan fingerprint density at radius 1 is 1.33 bits per heavy atom. The number of halogens is 3. The average Bonchev–Trinajstić information content (AvgIpc) is 2.33. The molecule has 0 bridgehead atoms. The molecule has 0 saturated carbocycles. The second-order valence-corrected chi connectivity index (χ2v) is 3.93. The Morgan fingerprint density at radius 2 is 2.08 bits per heavy atom. The highest BCUT2D eigenvalue weighted by Gasteiger charge is 2.06. The van der Waals surface area contributed by atoms with Crippen LogP contribution in [0.15, 0.2) is 12.1 Å². The van der Waals surface area contributed by atoms with Crippen molar-refractivity contribution in [2.45, 2.75) is 0 Å². The van der Waals surface area contributed by atoms with Crippen LogP contribution in [0.2, 0.25) is 10.4 Å². The predicted octanol–water partition coefficient (Wildman–Crippen LogP) is 2.64. The smallest absolute Gasteiger partial charge is 0.221 e. The van der Waals surface area contributed by atoms with Crippen LogP contribution in [0.1, 0.15) is 0 Å². The van der Waals surface area contributed by atoms with Gasteiger partial charge in [0, 0.05) is 0 Å². The molecule has 0 radical (unpaired) electrons. The number of nitrogens with zero attached hydrogens (tertiary/aromatic N) is 3. The van der Waals surface area contributed by atoms with Gasteiger partial charge >= 0.3 is 0 Å². The molecule has 0 saturated heterocycles. The van der Waals surface area contributed by atoms with E-state index in [2.05, 4.69) is 32.7 Å². The van der Waals surface area contributed by atoms with E-state index in [1.54, 1.807) is 4.52 Å². The molecule has 3 nitrogen and oxygen atoms in total. The number of hydrogen-bond donors (Lipinski definition) is 0. The van der Waals surface area contributed by atoms with Gasteiger partial charge in [-0.3, -0.25) is 0 Å². The van der Waals surface area contributed by atoms with Crippen molar-refractivity contribution in [1.82, 2.24) is 14.6 Å². The van der Waals surface area contributed by atoms with Crippen molar-refractivity contribution >= 4 is 51.3 Å². The van der Waals surface area contributed by atoms with Gasteiger partial charge in [-0.15, -0.1) is 5.10 Å². The molecule has 0 atom stereocenters. The molecule has 2 heterocycles. The van der Waals surface area contributed by atoms with Gasteiger partial charge in [-0.25, -0.2) is 9.50 Å². The van der Waals surface area contributed by atoms with E-state index in [9.17, 15) is 0 Å². The lowest BCUT2D eigenvalue weighted by Crippen LogP contribution is -1.96. The van der Waals surface area contributed by atoms with Gasteiger partial charge in [0.05, 0.1) is 0 Å². The van der Waals surface area contributed by atoms with Crippen LogP contribution in [0.4, 0.5) is 0 Å². The summed E-state index contributed by atoms with van der Waals surface area (Å²) in [6.07, 6.45) is 0. The molecule has 2 aromatic rings. The van der Waals surface area contributed by atoms with Crippen molar-refractivity contribution in [3.05, 3.63) is 26.3 Å². The normalized spacial score (nSPS) is 10.9. The molecular weight excluding hydrogens is 312 g/mol. The molecule has 2 rings (SSSR count).